The average Bonchev–Trinajstić information content (AvgIpc) is 2.53. The molecule has 0 radical (unpaired) electrons. The molecule has 1 aromatic carbocycles. The van der Waals surface area contributed by atoms with E-state index >= 15 is 0 Å². The number of nitrogens with one attached hydrogen (secondary N) is 1. The Morgan fingerprint density at radius 1 is 1.39 bits per heavy atom. The van der Waals surface area contributed by atoms with Gasteiger partial charge in [0.2, 0.25) is 5.91 Å². The first kappa shape index (κ1) is 19.4. The zero-order chi connectivity index (χ0) is 15.9. The summed E-state index contributed by atoms with van der Waals surface area (Å²) < 4.78 is 0. The van der Waals surface area contributed by atoms with Crippen LogP contribution in [0.1, 0.15) is 24.8 Å². The van der Waals surface area contributed by atoms with Crippen molar-refractivity contribution in [2.45, 2.75) is 25.7 Å². The number of nitro benzene ring substituents is 1. The van der Waals surface area contributed by atoms with Crippen LogP contribution in [-0.2, 0) is 11.2 Å². The molecule has 23 heavy (non-hydrogen) atoms. The largest absolute Gasteiger partial charge is 0.342 e. The summed E-state index contributed by atoms with van der Waals surface area (Å²) in [5.74, 6) is 0.752. The van der Waals surface area contributed by atoms with E-state index in [0.29, 0.717) is 11.5 Å². The Bertz CT molecular complexity index is 531. The van der Waals surface area contributed by atoms with Crippen molar-refractivity contribution in [1.82, 2.24) is 10.2 Å². The Hall–Kier alpha value is -1.66. The summed E-state index contributed by atoms with van der Waals surface area (Å²) in [5, 5.41) is 13.9. The number of hydrogen-bond donors (Lipinski definition) is 1. The number of likely N-dealkylation sites (tertiary alicyclic amines) is 1. The van der Waals surface area contributed by atoms with Crippen LogP contribution in [0, 0.1) is 16.0 Å². The molecule has 1 aromatic rings. The first-order valence-corrected chi connectivity index (χ1v) is 7.76. The highest BCUT2D eigenvalue weighted by Crippen LogP contribution is 2.21. The fourth-order valence-electron chi connectivity index (χ4n) is 2.89. The van der Waals surface area contributed by atoms with Gasteiger partial charge < -0.3 is 10.2 Å². The monoisotopic (exact) mass is 341 g/mol. The number of benzene rings is 1. The number of halogens is 1. The summed E-state index contributed by atoms with van der Waals surface area (Å²) in [6, 6.07) is 6.33. The van der Waals surface area contributed by atoms with E-state index in [2.05, 4.69) is 5.32 Å². The molecule has 1 fully saturated rings. The molecule has 7 heteroatoms. The van der Waals surface area contributed by atoms with Gasteiger partial charge in [0.15, 0.2) is 0 Å². The number of nitrogens with zero attached hydrogens (tertiary/aromatic N) is 2. The molecule has 1 amide bonds. The molecule has 0 aliphatic carbocycles. The predicted molar refractivity (Wildman–Crippen MR) is 91.9 cm³/mol. The SMILES string of the molecule is CNCCC1CCN(C(=O)Cc2cccc([N+](=O)[O-])c2)CC1.Cl. The lowest BCUT2D eigenvalue weighted by molar-refractivity contribution is -0.384. The van der Waals surface area contributed by atoms with Gasteiger partial charge in [-0.15, -0.1) is 12.4 Å². The van der Waals surface area contributed by atoms with E-state index < -0.39 is 4.92 Å². The second kappa shape index (κ2) is 9.47. The highest BCUT2D eigenvalue weighted by molar-refractivity contribution is 5.85. The summed E-state index contributed by atoms with van der Waals surface area (Å²) in [4.78, 5) is 24.5. The molecule has 1 N–H and O–H groups in total. The highest BCUT2D eigenvalue weighted by atomic mass is 35.5. The maximum absolute atomic E-state index is 12.3. The smallest absolute Gasteiger partial charge is 0.269 e. The minimum atomic E-state index is -0.429. The van der Waals surface area contributed by atoms with Gasteiger partial charge in [0.25, 0.3) is 5.69 Å². The summed E-state index contributed by atoms with van der Waals surface area (Å²) >= 11 is 0. The van der Waals surface area contributed by atoms with Gasteiger partial charge in [-0.1, -0.05) is 12.1 Å². The van der Waals surface area contributed by atoms with Gasteiger partial charge in [-0.25, -0.2) is 0 Å². The van der Waals surface area contributed by atoms with Gasteiger partial charge in [-0.3, -0.25) is 14.9 Å². The van der Waals surface area contributed by atoms with Crippen LogP contribution in [-0.4, -0.2) is 42.4 Å². The Morgan fingerprint density at radius 3 is 2.70 bits per heavy atom. The number of carbonyl (C=O) groups excluding carboxylic acids is 1. The van der Waals surface area contributed by atoms with Gasteiger partial charge >= 0.3 is 0 Å². The van der Waals surface area contributed by atoms with Crippen LogP contribution in [0.25, 0.3) is 0 Å². The van der Waals surface area contributed by atoms with Gasteiger partial charge in [0, 0.05) is 25.2 Å². The first-order chi connectivity index (χ1) is 10.6. The molecular weight excluding hydrogens is 318 g/mol. The van der Waals surface area contributed by atoms with Crippen molar-refractivity contribution in [3.05, 3.63) is 39.9 Å². The molecule has 0 spiro atoms. The van der Waals surface area contributed by atoms with Crippen LogP contribution in [0.15, 0.2) is 24.3 Å². The standard InChI is InChI=1S/C16H23N3O3.ClH/c1-17-8-5-13-6-9-18(10-7-13)16(20)12-14-3-2-4-15(11-14)19(21)22;/h2-4,11,13,17H,5-10,12H2,1H3;1H. The molecule has 1 heterocycles. The minimum absolute atomic E-state index is 0. The number of hydrogen-bond acceptors (Lipinski definition) is 4. The minimum Gasteiger partial charge on any atom is -0.342 e. The van der Waals surface area contributed by atoms with Crippen molar-refractivity contribution in [3.63, 3.8) is 0 Å². The summed E-state index contributed by atoms with van der Waals surface area (Å²) in [6.45, 7) is 2.61. The van der Waals surface area contributed by atoms with Crippen LogP contribution < -0.4 is 5.32 Å². The van der Waals surface area contributed by atoms with Crippen molar-refractivity contribution in [2.24, 2.45) is 5.92 Å². The maximum atomic E-state index is 12.3. The van der Waals surface area contributed by atoms with E-state index in [4.69, 9.17) is 0 Å². The fraction of sp³-hybridized carbons (Fsp3) is 0.562. The van der Waals surface area contributed by atoms with Crippen molar-refractivity contribution in [2.75, 3.05) is 26.7 Å². The Balaban J connectivity index is 0.00000264. The van der Waals surface area contributed by atoms with E-state index in [9.17, 15) is 14.9 Å². The molecule has 2 rings (SSSR count). The fourth-order valence-corrected chi connectivity index (χ4v) is 2.89. The maximum Gasteiger partial charge on any atom is 0.269 e. The van der Waals surface area contributed by atoms with Crippen LogP contribution in [0.2, 0.25) is 0 Å². The van der Waals surface area contributed by atoms with E-state index in [1.54, 1.807) is 12.1 Å². The van der Waals surface area contributed by atoms with Crippen LogP contribution in [0.4, 0.5) is 5.69 Å². The van der Waals surface area contributed by atoms with Gasteiger partial charge in [0.1, 0.15) is 0 Å². The van der Waals surface area contributed by atoms with E-state index in [1.807, 2.05) is 11.9 Å². The third kappa shape index (κ3) is 5.80. The second-order valence-corrected chi connectivity index (χ2v) is 5.82. The average molecular weight is 342 g/mol. The first-order valence-electron chi connectivity index (χ1n) is 7.76. The lowest BCUT2D eigenvalue weighted by atomic mass is 9.93. The molecular formula is C16H24ClN3O3. The van der Waals surface area contributed by atoms with Crippen molar-refractivity contribution >= 4 is 24.0 Å². The van der Waals surface area contributed by atoms with E-state index in [1.165, 1.54) is 12.1 Å². The number of amides is 1. The normalized spacial score (nSPS) is 15.1. The molecule has 0 bridgehead atoms. The van der Waals surface area contributed by atoms with Gasteiger partial charge in [0.05, 0.1) is 11.3 Å². The van der Waals surface area contributed by atoms with Crippen molar-refractivity contribution < 1.29 is 9.72 Å². The summed E-state index contributed by atoms with van der Waals surface area (Å²) in [6.07, 6.45) is 3.48. The van der Waals surface area contributed by atoms with Crippen molar-refractivity contribution in [3.8, 4) is 0 Å². The molecule has 0 aromatic heterocycles. The van der Waals surface area contributed by atoms with Crippen LogP contribution in [0.3, 0.4) is 0 Å². The number of piperidine rings is 1. The zero-order valence-electron chi connectivity index (χ0n) is 13.4. The molecule has 6 nitrogen and oxygen atoms in total. The molecule has 0 saturated carbocycles. The molecule has 0 atom stereocenters. The van der Waals surface area contributed by atoms with Gasteiger partial charge in [-0.2, -0.15) is 0 Å². The predicted octanol–water partition coefficient (Wildman–Crippen LogP) is 2.41. The number of nitro groups is 1. The topological polar surface area (TPSA) is 75.5 Å². The third-order valence-electron chi connectivity index (χ3n) is 4.25. The lowest BCUT2D eigenvalue weighted by Crippen LogP contribution is -2.39. The van der Waals surface area contributed by atoms with E-state index in [-0.39, 0.29) is 30.4 Å². The molecule has 1 saturated heterocycles. The van der Waals surface area contributed by atoms with E-state index in [0.717, 1.165) is 38.9 Å². The molecule has 128 valence electrons. The molecule has 1 aliphatic rings. The molecule has 1 aliphatic heterocycles. The summed E-state index contributed by atoms with van der Waals surface area (Å²) in [5.41, 5.74) is 0.743. The third-order valence-corrected chi connectivity index (χ3v) is 4.25. The van der Waals surface area contributed by atoms with Gasteiger partial charge in [-0.05, 0) is 44.3 Å². The Kier molecular flexibility index (Phi) is 7.98. The lowest BCUT2D eigenvalue weighted by Gasteiger charge is -2.32. The second-order valence-electron chi connectivity index (χ2n) is 5.82. The quantitative estimate of drug-likeness (QED) is 0.637. The Morgan fingerprint density at radius 2 is 2.09 bits per heavy atom. The van der Waals surface area contributed by atoms with Crippen molar-refractivity contribution in [1.29, 1.82) is 0 Å². The number of non-ortho nitro benzene ring substituents is 1. The zero-order valence-corrected chi connectivity index (χ0v) is 14.2. The number of rotatable bonds is 6. The number of carbonyl (C=O) groups is 1. The summed E-state index contributed by atoms with van der Waals surface area (Å²) in [7, 11) is 1.96. The Labute approximate surface area is 142 Å². The highest BCUT2D eigenvalue weighted by Gasteiger charge is 2.22. The van der Waals surface area contributed by atoms with Crippen LogP contribution in [0.5, 0.6) is 0 Å². The van der Waals surface area contributed by atoms with Crippen LogP contribution >= 0.6 is 12.4 Å². The molecule has 0 unspecified atom stereocenters.